The van der Waals surface area contributed by atoms with E-state index in [1.807, 2.05) is 0 Å². The Morgan fingerprint density at radius 2 is 1.83 bits per heavy atom. The quantitative estimate of drug-likeness (QED) is 0.443. The molecule has 5 N–H and O–H groups in total. The maximum atomic E-state index is 12.0. The number of nitrogens with one attached hydrogen (secondary N) is 1. The van der Waals surface area contributed by atoms with Gasteiger partial charge in [-0.1, -0.05) is 18.2 Å². The lowest BCUT2D eigenvalue weighted by atomic mass is 9.95. The molecule has 9 heteroatoms. The van der Waals surface area contributed by atoms with Crippen LogP contribution < -0.4 is 5.69 Å². The summed E-state index contributed by atoms with van der Waals surface area (Å²) in [5, 5.41) is 42.9. The molecule has 0 unspecified atom stereocenters. The van der Waals surface area contributed by atoms with E-state index in [9.17, 15) is 25.2 Å². The largest absolute Gasteiger partial charge is 0.394 e. The van der Waals surface area contributed by atoms with Crippen molar-refractivity contribution in [1.82, 2.24) is 14.8 Å². The molecule has 0 spiro atoms. The van der Waals surface area contributed by atoms with Crippen LogP contribution in [0.3, 0.4) is 0 Å². The third-order valence-electron chi connectivity index (χ3n) is 3.80. The van der Waals surface area contributed by atoms with Gasteiger partial charge in [-0.05, 0) is 12.1 Å². The first-order chi connectivity index (χ1) is 11.0. The third-order valence-corrected chi connectivity index (χ3v) is 3.80. The predicted octanol–water partition coefficient (Wildman–Crippen LogP) is -1.92. The van der Waals surface area contributed by atoms with Crippen molar-refractivity contribution in [2.45, 2.75) is 30.5 Å². The van der Waals surface area contributed by atoms with E-state index in [4.69, 9.17) is 4.74 Å². The van der Waals surface area contributed by atoms with Gasteiger partial charge in [-0.3, -0.25) is 4.98 Å². The van der Waals surface area contributed by atoms with E-state index >= 15 is 0 Å². The zero-order valence-corrected chi connectivity index (χ0v) is 12.0. The first-order valence-electron chi connectivity index (χ1n) is 7.08. The van der Waals surface area contributed by atoms with Crippen molar-refractivity contribution in [2.24, 2.45) is 0 Å². The van der Waals surface area contributed by atoms with Gasteiger partial charge in [0.1, 0.15) is 30.5 Å². The molecule has 2 heterocycles. The molecule has 2 aromatic rings. The number of hydrogen-bond acceptors (Lipinski definition) is 7. The lowest BCUT2D eigenvalue weighted by Gasteiger charge is -2.38. The zero-order chi connectivity index (χ0) is 16.6. The van der Waals surface area contributed by atoms with Crippen LogP contribution in [0.2, 0.25) is 0 Å². The van der Waals surface area contributed by atoms with Crippen LogP contribution >= 0.6 is 0 Å². The number of aromatic nitrogens is 3. The summed E-state index contributed by atoms with van der Waals surface area (Å²) >= 11 is 0. The van der Waals surface area contributed by atoms with Gasteiger partial charge in [-0.2, -0.15) is 4.68 Å². The Morgan fingerprint density at radius 3 is 2.48 bits per heavy atom. The topological polar surface area (TPSA) is 141 Å². The fourth-order valence-electron chi connectivity index (χ4n) is 2.54. The Labute approximate surface area is 130 Å². The number of ether oxygens (including phenoxy) is 1. The molecule has 23 heavy (non-hydrogen) atoms. The van der Waals surface area contributed by atoms with E-state index in [0.717, 1.165) is 4.68 Å². The van der Waals surface area contributed by atoms with Gasteiger partial charge < -0.3 is 25.2 Å². The van der Waals surface area contributed by atoms with Gasteiger partial charge in [0, 0.05) is 0 Å². The second-order valence-corrected chi connectivity index (χ2v) is 5.31. The van der Waals surface area contributed by atoms with Gasteiger partial charge in [-0.15, -0.1) is 5.10 Å². The summed E-state index contributed by atoms with van der Waals surface area (Å²) in [4.78, 5) is 14.5. The summed E-state index contributed by atoms with van der Waals surface area (Å²) in [7, 11) is 0. The van der Waals surface area contributed by atoms with Crippen molar-refractivity contribution in [2.75, 3.05) is 6.61 Å². The molecular formula is C14H17N3O6. The number of para-hydroxylation sites is 1. The van der Waals surface area contributed by atoms with Crippen LogP contribution in [0.25, 0.3) is 5.69 Å². The van der Waals surface area contributed by atoms with Crippen molar-refractivity contribution < 1.29 is 25.2 Å². The molecule has 9 nitrogen and oxygen atoms in total. The van der Waals surface area contributed by atoms with Crippen molar-refractivity contribution in [1.29, 1.82) is 0 Å². The Hall–Kier alpha value is -2.04. The molecule has 5 atom stereocenters. The van der Waals surface area contributed by atoms with Crippen LogP contribution in [-0.4, -0.2) is 66.2 Å². The molecule has 1 aromatic heterocycles. The van der Waals surface area contributed by atoms with E-state index in [2.05, 4.69) is 10.1 Å². The minimum atomic E-state index is -1.53. The number of hydrogen-bond donors (Lipinski definition) is 5. The molecule has 0 aliphatic carbocycles. The van der Waals surface area contributed by atoms with Crippen molar-refractivity contribution in [3.05, 3.63) is 46.6 Å². The maximum absolute atomic E-state index is 12.0. The van der Waals surface area contributed by atoms with Gasteiger partial charge in [0.05, 0.1) is 12.3 Å². The number of H-pyrrole nitrogens is 1. The van der Waals surface area contributed by atoms with Crippen molar-refractivity contribution >= 4 is 0 Å². The summed E-state index contributed by atoms with van der Waals surface area (Å²) in [5.41, 5.74) is -0.0206. The summed E-state index contributed by atoms with van der Waals surface area (Å²) in [6.07, 6.45) is -6.74. The monoisotopic (exact) mass is 323 g/mol. The number of benzene rings is 1. The summed E-state index contributed by atoms with van der Waals surface area (Å²) in [6.45, 7) is -0.551. The SMILES string of the molecule is O=c1[nH]c([C@@H]2O[C@H](CO)[C@@H](O)[C@H](O)[C@H]2O)nn1-c1ccccc1. The molecule has 0 amide bonds. The zero-order valence-electron chi connectivity index (χ0n) is 12.0. The highest BCUT2D eigenvalue weighted by Crippen LogP contribution is 2.30. The normalized spacial score (nSPS) is 31.2. The van der Waals surface area contributed by atoms with E-state index in [1.54, 1.807) is 30.3 Å². The summed E-state index contributed by atoms with van der Waals surface area (Å²) < 4.78 is 6.46. The molecule has 0 saturated carbocycles. The average Bonchev–Trinajstić information content (AvgIpc) is 2.95. The average molecular weight is 323 g/mol. The Balaban J connectivity index is 1.94. The number of aromatic amines is 1. The predicted molar refractivity (Wildman–Crippen MR) is 76.9 cm³/mol. The molecule has 1 aliphatic heterocycles. The number of rotatable bonds is 3. The van der Waals surface area contributed by atoms with E-state index in [-0.39, 0.29) is 5.82 Å². The second kappa shape index (κ2) is 6.22. The third kappa shape index (κ3) is 2.80. The molecular weight excluding hydrogens is 306 g/mol. The molecule has 1 saturated heterocycles. The standard InChI is InChI=1S/C14H17N3O6/c18-6-8-9(19)10(20)11(21)12(23-8)13-15-14(22)17(16-13)7-4-2-1-3-5-7/h1-5,8-12,18-21H,6H2,(H,15,16,22)/t8-,9-,10+,11-,12-/m1/s1. The highest BCUT2D eigenvalue weighted by atomic mass is 16.5. The Morgan fingerprint density at radius 1 is 1.13 bits per heavy atom. The molecule has 124 valence electrons. The van der Waals surface area contributed by atoms with Crippen molar-refractivity contribution in [3.63, 3.8) is 0 Å². The maximum Gasteiger partial charge on any atom is 0.348 e. The van der Waals surface area contributed by atoms with E-state index in [1.165, 1.54) is 0 Å². The van der Waals surface area contributed by atoms with Gasteiger partial charge in [0.15, 0.2) is 5.82 Å². The Bertz CT molecular complexity index is 713. The molecule has 0 bridgehead atoms. The molecule has 1 aromatic carbocycles. The molecule has 1 aliphatic rings. The van der Waals surface area contributed by atoms with Gasteiger partial charge in [0.25, 0.3) is 0 Å². The molecule has 3 rings (SSSR count). The first-order valence-corrected chi connectivity index (χ1v) is 7.08. The van der Waals surface area contributed by atoms with E-state index < -0.39 is 42.8 Å². The fraction of sp³-hybridized carbons (Fsp3) is 0.429. The van der Waals surface area contributed by atoms with Gasteiger partial charge >= 0.3 is 5.69 Å². The summed E-state index contributed by atoms with van der Waals surface area (Å²) in [5.74, 6) is -0.00393. The Kier molecular flexibility index (Phi) is 4.28. The lowest BCUT2D eigenvalue weighted by Crippen LogP contribution is -2.55. The lowest BCUT2D eigenvalue weighted by molar-refractivity contribution is -0.233. The van der Waals surface area contributed by atoms with Crippen LogP contribution in [-0.2, 0) is 4.74 Å². The smallest absolute Gasteiger partial charge is 0.348 e. The number of nitrogens with zero attached hydrogens (tertiary/aromatic N) is 2. The number of aliphatic hydroxyl groups excluding tert-OH is 4. The van der Waals surface area contributed by atoms with Crippen LogP contribution in [0, 0.1) is 0 Å². The van der Waals surface area contributed by atoms with Crippen LogP contribution in [0.1, 0.15) is 11.9 Å². The first kappa shape index (κ1) is 15.8. The van der Waals surface area contributed by atoms with Gasteiger partial charge in [0.2, 0.25) is 0 Å². The van der Waals surface area contributed by atoms with E-state index in [0.29, 0.717) is 5.69 Å². The fourth-order valence-corrected chi connectivity index (χ4v) is 2.54. The molecule has 0 radical (unpaired) electrons. The highest BCUT2D eigenvalue weighted by molar-refractivity contribution is 5.29. The van der Waals surface area contributed by atoms with Crippen molar-refractivity contribution in [3.8, 4) is 5.69 Å². The molecule has 1 fully saturated rings. The van der Waals surface area contributed by atoms with Gasteiger partial charge in [-0.25, -0.2) is 4.79 Å². The second-order valence-electron chi connectivity index (χ2n) is 5.31. The number of aliphatic hydroxyl groups is 4. The van der Waals surface area contributed by atoms with Crippen LogP contribution in [0.4, 0.5) is 0 Å². The van der Waals surface area contributed by atoms with Crippen LogP contribution in [0.5, 0.6) is 0 Å². The minimum absolute atomic E-state index is 0.00393. The summed E-state index contributed by atoms with van der Waals surface area (Å²) in [6, 6.07) is 8.63. The highest BCUT2D eigenvalue weighted by Gasteiger charge is 2.45. The minimum Gasteiger partial charge on any atom is -0.394 e. The van der Waals surface area contributed by atoms with Crippen LogP contribution in [0.15, 0.2) is 35.1 Å².